The topological polar surface area (TPSA) is 91.0 Å². The summed E-state index contributed by atoms with van der Waals surface area (Å²) in [4.78, 5) is 40.3. The highest BCUT2D eigenvalue weighted by Gasteiger charge is 2.34. The lowest BCUT2D eigenvalue weighted by Gasteiger charge is -2.28. The molecule has 2 aliphatic heterocycles. The Kier molecular flexibility index (Phi) is 5.99. The van der Waals surface area contributed by atoms with Crippen LogP contribution in [0.25, 0.3) is 6.08 Å². The third-order valence-corrected chi connectivity index (χ3v) is 5.15. The number of aryl methyl sites for hydroxylation is 1. The minimum absolute atomic E-state index is 0.146. The molecule has 0 atom stereocenters. The second-order valence-corrected chi connectivity index (χ2v) is 7.49. The summed E-state index contributed by atoms with van der Waals surface area (Å²) >= 11 is 0. The van der Waals surface area contributed by atoms with Crippen LogP contribution >= 0.6 is 0 Å². The lowest BCUT2D eigenvalue weighted by molar-refractivity contribution is -0.127. The molecule has 0 saturated carbocycles. The van der Waals surface area contributed by atoms with Gasteiger partial charge in [-0.15, -0.1) is 0 Å². The summed E-state index contributed by atoms with van der Waals surface area (Å²) in [5.41, 5.74) is 3.63. The number of nitrogens with one attached hydrogen (secondary N) is 2. The third-order valence-electron chi connectivity index (χ3n) is 5.15. The van der Waals surface area contributed by atoms with E-state index < -0.39 is 17.8 Å². The van der Waals surface area contributed by atoms with Gasteiger partial charge in [0.05, 0.1) is 13.2 Å². The molecule has 0 aromatic heterocycles. The fraction of sp³-hybridized carbons (Fsp3) is 0.261. The van der Waals surface area contributed by atoms with Gasteiger partial charge in [0.2, 0.25) is 5.91 Å². The number of carbonyl (C=O) groups excluding carboxylic acids is 3. The molecule has 2 aromatic carbocycles. The first kappa shape index (κ1) is 20.6. The number of urea groups is 1. The number of rotatable bonds is 5. The van der Waals surface area contributed by atoms with Gasteiger partial charge in [-0.1, -0.05) is 24.3 Å². The zero-order valence-corrected chi connectivity index (χ0v) is 17.3. The Morgan fingerprint density at radius 1 is 1.13 bits per heavy atom. The zero-order valence-electron chi connectivity index (χ0n) is 17.3. The van der Waals surface area contributed by atoms with Crippen LogP contribution in [0.3, 0.4) is 0 Å². The summed E-state index contributed by atoms with van der Waals surface area (Å²) in [6.45, 7) is 4.66. The molecule has 0 aliphatic carbocycles. The van der Waals surface area contributed by atoms with Gasteiger partial charge in [-0.05, 0) is 48.4 Å². The van der Waals surface area contributed by atoms with E-state index >= 15 is 0 Å². The second kappa shape index (κ2) is 9.01. The molecule has 0 unspecified atom stereocenters. The number of hydrogen-bond donors (Lipinski definition) is 2. The predicted octanol–water partition coefficient (Wildman–Crippen LogP) is 2.36. The SMILES string of the molecule is Cc1cccc(NC(=O)CN2C(=O)NC(=Cc3ccc(N4CCOCC4)cc3)C2=O)c1. The number of morpholine rings is 1. The molecule has 4 amide bonds. The number of imide groups is 1. The number of benzene rings is 2. The van der Waals surface area contributed by atoms with E-state index in [1.165, 1.54) is 0 Å². The summed E-state index contributed by atoms with van der Waals surface area (Å²) in [5, 5.41) is 5.26. The van der Waals surface area contributed by atoms with Gasteiger partial charge in [0.15, 0.2) is 0 Å². The molecule has 0 bridgehead atoms. The molecule has 2 aromatic rings. The molecule has 2 fully saturated rings. The van der Waals surface area contributed by atoms with Crippen LogP contribution in [-0.4, -0.2) is 55.6 Å². The van der Waals surface area contributed by atoms with E-state index in [1.54, 1.807) is 12.1 Å². The Morgan fingerprint density at radius 2 is 1.87 bits per heavy atom. The Morgan fingerprint density at radius 3 is 2.58 bits per heavy atom. The lowest BCUT2D eigenvalue weighted by Crippen LogP contribution is -2.38. The number of anilines is 2. The van der Waals surface area contributed by atoms with Gasteiger partial charge in [-0.2, -0.15) is 0 Å². The van der Waals surface area contributed by atoms with E-state index in [1.807, 2.05) is 49.4 Å². The van der Waals surface area contributed by atoms with Gasteiger partial charge in [-0.25, -0.2) is 9.69 Å². The van der Waals surface area contributed by atoms with E-state index in [2.05, 4.69) is 15.5 Å². The van der Waals surface area contributed by atoms with E-state index in [4.69, 9.17) is 4.74 Å². The number of nitrogens with zero attached hydrogens (tertiary/aromatic N) is 2. The van der Waals surface area contributed by atoms with Crippen LogP contribution in [0.5, 0.6) is 0 Å². The van der Waals surface area contributed by atoms with Crippen LogP contribution in [-0.2, 0) is 14.3 Å². The maximum atomic E-state index is 12.6. The summed E-state index contributed by atoms with van der Waals surface area (Å²) in [5.74, 6) is -0.966. The smallest absolute Gasteiger partial charge is 0.329 e. The number of carbonyl (C=O) groups is 3. The van der Waals surface area contributed by atoms with Gasteiger partial charge in [0.25, 0.3) is 5.91 Å². The van der Waals surface area contributed by atoms with Gasteiger partial charge >= 0.3 is 6.03 Å². The summed E-state index contributed by atoms with van der Waals surface area (Å²) < 4.78 is 5.37. The molecule has 2 N–H and O–H groups in total. The number of amides is 4. The summed E-state index contributed by atoms with van der Waals surface area (Å²) in [6.07, 6.45) is 1.61. The van der Waals surface area contributed by atoms with Crippen molar-refractivity contribution >= 4 is 35.3 Å². The molecule has 2 aliphatic rings. The monoisotopic (exact) mass is 420 g/mol. The highest BCUT2D eigenvalue weighted by Crippen LogP contribution is 2.20. The van der Waals surface area contributed by atoms with Crippen LogP contribution in [0, 0.1) is 6.92 Å². The largest absolute Gasteiger partial charge is 0.378 e. The lowest BCUT2D eigenvalue weighted by atomic mass is 10.1. The van der Waals surface area contributed by atoms with Crippen molar-refractivity contribution in [2.75, 3.05) is 43.1 Å². The normalized spacial score (nSPS) is 17.8. The molecule has 2 heterocycles. The predicted molar refractivity (Wildman–Crippen MR) is 118 cm³/mol. The van der Waals surface area contributed by atoms with Crippen LogP contribution in [0.4, 0.5) is 16.2 Å². The quantitative estimate of drug-likeness (QED) is 0.573. The average molecular weight is 420 g/mol. The van der Waals surface area contributed by atoms with Gasteiger partial charge in [0.1, 0.15) is 12.2 Å². The Bertz CT molecular complexity index is 1030. The minimum Gasteiger partial charge on any atom is -0.378 e. The van der Waals surface area contributed by atoms with Gasteiger partial charge in [-0.3, -0.25) is 9.59 Å². The molecular formula is C23H24N4O4. The van der Waals surface area contributed by atoms with Crippen molar-refractivity contribution < 1.29 is 19.1 Å². The maximum Gasteiger partial charge on any atom is 0.329 e. The van der Waals surface area contributed by atoms with Crippen LogP contribution in [0.1, 0.15) is 11.1 Å². The fourth-order valence-electron chi connectivity index (χ4n) is 3.55. The third kappa shape index (κ3) is 4.92. The molecule has 31 heavy (non-hydrogen) atoms. The molecular weight excluding hydrogens is 396 g/mol. The van der Waals surface area contributed by atoms with Gasteiger partial charge in [0, 0.05) is 24.5 Å². The highest BCUT2D eigenvalue weighted by molar-refractivity contribution is 6.15. The minimum atomic E-state index is -0.611. The van der Waals surface area contributed by atoms with Crippen molar-refractivity contribution in [3.63, 3.8) is 0 Å². The second-order valence-electron chi connectivity index (χ2n) is 7.49. The van der Waals surface area contributed by atoms with Crippen molar-refractivity contribution in [3.8, 4) is 0 Å². The van der Waals surface area contributed by atoms with Crippen molar-refractivity contribution in [1.29, 1.82) is 0 Å². The average Bonchev–Trinajstić information content (AvgIpc) is 3.02. The Balaban J connectivity index is 1.40. The van der Waals surface area contributed by atoms with E-state index in [0.717, 1.165) is 34.8 Å². The molecule has 8 heteroatoms. The van der Waals surface area contributed by atoms with Crippen LogP contribution in [0.2, 0.25) is 0 Å². The van der Waals surface area contributed by atoms with Crippen molar-refractivity contribution in [2.24, 2.45) is 0 Å². The first-order valence-electron chi connectivity index (χ1n) is 10.1. The standard InChI is InChI=1S/C23H24N4O4/c1-16-3-2-4-18(13-16)24-21(28)15-27-22(29)20(25-23(27)30)14-17-5-7-19(8-6-17)26-9-11-31-12-10-26/h2-8,13-14H,9-12,15H2,1H3,(H,24,28)(H,25,30). The first-order chi connectivity index (χ1) is 15.0. The number of ether oxygens (including phenoxy) is 1. The van der Waals surface area contributed by atoms with Crippen LogP contribution in [0.15, 0.2) is 54.2 Å². The first-order valence-corrected chi connectivity index (χ1v) is 10.1. The fourth-order valence-corrected chi connectivity index (χ4v) is 3.55. The summed E-state index contributed by atoms with van der Waals surface area (Å²) in [6, 6.07) is 14.4. The van der Waals surface area contributed by atoms with Crippen molar-refractivity contribution in [2.45, 2.75) is 6.92 Å². The van der Waals surface area contributed by atoms with Crippen LogP contribution < -0.4 is 15.5 Å². The van der Waals surface area contributed by atoms with Crippen molar-refractivity contribution in [1.82, 2.24) is 10.2 Å². The van der Waals surface area contributed by atoms with E-state index in [9.17, 15) is 14.4 Å². The van der Waals surface area contributed by atoms with Gasteiger partial charge < -0.3 is 20.3 Å². The molecule has 0 radical (unpaired) electrons. The molecule has 160 valence electrons. The molecule has 0 spiro atoms. The molecule has 8 nitrogen and oxygen atoms in total. The zero-order chi connectivity index (χ0) is 21.8. The Labute approximate surface area is 180 Å². The Hall–Kier alpha value is -3.65. The molecule has 2 saturated heterocycles. The van der Waals surface area contributed by atoms with Crippen molar-refractivity contribution in [3.05, 3.63) is 65.4 Å². The molecule has 4 rings (SSSR count). The highest BCUT2D eigenvalue weighted by atomic mass is 16.5. The van der Waals surface area contributed by atoms with E-state index in [0.29, 0.717) is 18.9 Å². The van der Waals surface area contributed by atoms with E-state index in [-0.39, 0.29) is 12.2 Å². The maximum absolute atomic E-state index is 12.6. The summed E-state index contributed by atoms with van der Waals surface area (Å²) in [7, 11) is 0. The number of hydrogen-bond acceptors (Lipinski definition) is 5.